The first-order valence-corrected chi connectivity index (χ1v) is 5.98. The van der Waals surface area contributed by atoms with Crippen LogP contribution in [0.4, 0.5) is 11.8 Å². The van der Waals surface area contributed by atoms with Gasteiger partial charge < -0.3 is 9.73 Å². The van der Waals surface area contributed by atoms with Crippen molar-refractivity contribution >= 4 is 17.7 Å². The van der Waals surface area contributed by atoms with Crippen LogP contribution >= 0.6 is 0 Å². The molecule has 0 saturated carbocycles. The summed E-state index contributed by atoms with van der Waals surface area (Å²) in [6, 6.07) is 0.150. The van der Waals surface area contributed by atoms with Crippen LogP contribution in [-0.4, -0.2) is 27.4 Å². The van der Waals surface area contributed by atoms with Gasteiger partial charge in [-0.3, -0.25) is 10.1 Å². The van der Waals surface area contributed by atoms with Crippen molar-refractivity contribution in [1.29, 1.82) is 0 Å². The van der Waals surface area contributed by atoms with E-state index >= 15 is 0 Å². The molecule has 0 atom stereocenters. The Morgan fingerprint density at radius 1 is 1.37 bits per heavy atom. The summed E-state index contributed by atoms with van der Waals surface area (Å²) in [6.07, 6.45) is 5.38. The van der Waals surface area contributed by atoms with Crippen molar-refractivity contribution in [2.45, 2.75) is 20.3 Å². The molecule has 1 amide bonds. The average molecular weight is 261 g/mol. The van der Waals surface area contributed by atoms with Gasteiger partial charge in [0.2, 0.25) is 0 Å². The fourth-order valence-electron chi connectivity index (χ4n) is 1.36. The first-order chi connectivity index (χ1) is 9.19. The summed E-state index contributed by atoms with van der Waals surface area (Å²) in [5, 5.41) is 5.58. The number of aromatic nitrogens is 3. The maximum atomic E-state index is 11.8. The predicted octanol–water partition coefficient (Wildman–Crippen LogP) is 1.85. The Bertz CT molecular complexity index is 550. The molecule has 2 aromatic rings. The van der Waals surface area contributed by atoms with E-state index in [2.05, 4.69) is 32.5 Å². The number of rotatable bonds is 5. The van der Waals surface area contributed by atoms with E-state index in [0.717, 1.165) is 13.0 Å². The van der Waals surface area contributed by atoms with Gasteiger partial charge in [-0.1, -0.05) is 6.92 Å². The SMILES string of the molecule is CCCNc1cnc(C(=O)Nc2nc(C)co2)cn1. The Balaban J connectivity index is 1.99. The normalized spacial score (nSPS) is 10.2. The Hall–Kier alpha value is -2.44. The third-order valence-corrected chi connectivity index (χ3v) is 2.28. The molecule has 2 N–H and O–H groups in total. The molecule has 0 aliphatic carbocycles. The summed E-state index contributed by atoms with van der Waals surface area (Å²) in [5.74, 6) is 0.238. The maximum absolute atomic E-state index is 11.8. The number of hydrogen-bond donors (Lipinski definition) is 2. The number of oxazole rings is 1. The molecule has 0 bridgehead atoms. The second-order valence-electron chi connectivity index (χ2n) is 3.96. The minimum absolute atomic E-state index is 0.150. The number of nitrogens with zero attached hydrogens (tertiary/aromatic N) is 3. The van der Waals surface area contributed by atoms with E-state index in [9.17, 15) is 4.79 Å². The van der Waals surface area contributed by atoms with Gasteiger partial charge in [-0.25, -0.2) is 9.97 Å². The second-order valence-corrected chi connectivity index (χ2v) is 3.96. The summed E-state index contributed by atoms with van der Waals surface area (Å²) in [6.45, 7) is 4.64. The van der Waals surface area contributed by atoms with Crippen LogP contribution in [0.1, 0.15) is 29.5 Å². The second kappa shape index (κ2) is 5.94. The molecular weight excluding hydrogens is 246 g/mol. The van der Waals surface area contributed by atoms with E-state index in [1.807, 2.05) is 0 Å². The van der Waals surface area contributed by atoms with Crippen molar-refractivity contribution in [1.82, 2.24) is 15.0 Å². The van der Waals surface area contributed by atoms with Gasteiger partial charge in [-0.05, 0) is 13.3 Å². The molecule has 100 valence electrons. The van der Waals surface area contributed by atoms with Crippen molar-refractivity contribution < 1.29 is 9.21 Å². The lowest BCUT2D eigenvalue weighted by Gasteiger charge is -2.04. The largest absolute Gasteiger partial charge is 0.432 e. The monoisotopic (exact) mass is 261 g/mol. The van der Waals surface area contributed by atoms with Crippen LogP contribution in [0.25, 0.3) is 0 Å². The quantitative estimate of drug-likeness (QED) is 0.853. The van der Waals surface area contributed by atoms with Gasteiger partial charge in [-0.2, -0.15) is 4.98 Å². The van der Waals surface area contributed by atoms with Crippen molar-refractivity contribution in [2.24, 2.45) is 0 Å². The molecule has 2 aromatic heterocycles. The highest BCUT2D eigenvalue weighted by Gasteiger charge is 2.11. The van der Waals surface area contributed by atoms with E-state index in [4.69, 9.17) is 4.42 Å². The highest BCUT2D eigenvalue weighted by atomic mass is 16.4. The number of anilines is 2. The molecule has 0 aliphatic heterocycles. The molecule has 7 nitrogen and oxygen atoms in total. The molecule has 0 unspecified atom stereocenters. The highest BCUT2D eigenvalue weighted by Crippen LogP contribution is 2.08. The predicted molar refractivity (Wildman–Crippen MR) is 70.0 cm³/mol. The molecule has 19 heavy (non-hydrogen) atoms. The van der Waals surface area contributed by atoms with Gasteiger partial charge in [0, 0.05) is 6.54 Å². The van der Waals surface area contributed by atoms with Gasteiger partial charge >= 0.3 is 6.01 Å². The minimum Gasteiger partial charge on any atom is -0.432 e. The van der Waals surface area contributed by atoms with Crippen LogP contribution in [0.15, 0.2) is 23.1 Å². The molecule has 0 radical (unpaired) electrons. The lowest BCUT2D eigenvalue weighted by atomic mass is 10.4. The Morgan fingerprint density at radius 3 is 2.79 bits per heavy atom. The first-order valence-electron chi connectivity index (χ1n) is 5.98. The molecule has 0 fully saturated rings. The standard InChI is InChI=1S/C12H15N5O2/c1-3-4-13-10-6-14-9(5-15-10)11(18)17-12-16-8(2)7-19-12/h5-7H,3-4H2,1-2H3,(H,13,15)(H,16,17,18). The van der Waals surface area contributed by atoms with Gasteiger partial charge in [-0.15, -0.1) is 0 Å². The van der Waals surface area contributed by atoms with Crippen LogP contribution in [0.3, 0.4) is 0 Å². The number of aryl methyl sites for hydroxylation is 1. The molecule has 0 aliphatic rings. The number of hydrogen-bond acceptors (Lipinski definition) is 6. The summed E-state index contributed by atoms with van der Waals surface area (Å²) >= 11 is 0. The van der Waals surface area contributed by atoms with Crippen LogP contribution in [0, 0.1) is 6.92 Å². The van der Waals surface area contributed by atoms with Crippen molar-refractivity contribution in [3.8, 4) is 0 Å². The summed E-state index contributed by atoms with van der Waals surface area (Å²) in [4.78, 5) is 23.9. The van der Waals surface area contributed by atoms with Crippen molar-refractivity contribution in [3.63, 3.8) is 0 Å². The maximum Gasteiger partial charge on any atom is 0.301 e. The zero-order chi connectivity index (χ0) is 13.7. The average Bonchev–Trinajstić information content (AvgIpc) is 2.82. The molecular formula is C12H15N5O2. The van der Waals surface area contributed by atoms with Gasteiger partial charge in [0.15, 0.2) is 0 Å². The zero-order valence-corrected chi connectivity index (χ0v) is 10.8. The first kappa shape index (κ1) is 13.0. The molecule has 2 rings (SSSR count). The van der Waals surface area contributed by atoms with Crippen LogP contribution in [0.5, 0.6) is 0 Å². The van der Waals surface area contributed by atoms with Gasteiger partial charge in [0.25, 0.3) is 5.91 Å². The molecule has 0 aromatic carbocycles. The van der Waals surface area contributed by atoms with E-state index in [1.54, 1.807) is 6.92 Å². The van der Waals surface area contributed by atoms with E-state index in [1.165, 1.54) is 18.7 Å². The topological polar surface area (TPSA) is 92.9 Å². The fraction of sp³-hybridized carbons (Fsp3) is 0.333. The van der Waals surface area contributed by atoms with E-state index in [0.29, 0.717) is 11.5 Å². The number of amides is 1. The molecule has 2 heterocycles. The smallest absolute Gasteiger partial charge is 0.301 e. The van der Waals surface area contributed by atoms with Crippen LogP contribution < -0.4 is 10.6 Å². The lowest BCUT2D eigenvalue weighted by Crippen LogP contribution is -2.14. The van der Waals surface area contributed by atoms with Crippen LogP contribution in [0.2, 0.25) is 0 Å². The molecule has 7 heteroatoms. The van der Waals surface area contributed by atoms with Gasteiger partial charge in [0.1, 0.15) is 17.8 Å². The van der Waals surface area contributed by atoms with Crippen molar-refractivity contribution in [2.75, 3.05) is 17.2 Å². The summed E-state index contributed by atoms with van der Waals surface area (Å²) in [5.41, 5.74) is 0.901. The molecule has 0 spiro atoms. The highest BCUT2D eigenvalue weighted by molar-refractivity contribution is 6.01. The Morgan fingerprint density at radius 2 is 2.21 bits per heavy atom. The lowest BCUT2D eigenvalue weighted by molar-refractivity contribution is 0.101. The van der Waals surface area contributed by atoms with Crippen LogP contribution in [-0.2, 0) is 0 Å². The van der Waals surface area contributed by atoms with E-state index in [-0.39, 0.29) is 11.7 Å². The number of carbonyl (C=O) groups is 1. The number of carbonyl (C=O) groups excluding carboxylic acids is 1. The third kappa shape index (κ3) is 3.51. The van der Waals surface area contributed by atoms with Gasteiger partial charge in [0.05, 0.1) is 18.1 Å². The Labute approximate surface area is 110 Å². The fourth-order valence-corrected chi connectivity index (χ4v) is 1.36. The summed E-state index contributed by atoms with van der Waals surface area (Å²) < 4.78 is 5.03. The van der Waals surface area contributed by atoms with E-state index < -0.39 is 5.91 Å². The zero-order valence-electron chi connectivity index (χ0n) is 10.8. The third-order valence-electron chi connectivity index (χ3n) is 2.28. The van der Waals surface area contributed by atoms with Crippen molar-refractivity contribution in [3.05, 3.63) is 30.0 Å². The number of nitrogens with one attached hydrogen (secondary N) is 2. The summed E-state index contributed by atoms with van der Waals surface area (Å²) in [7, 11) is 0. The molecule has 0 saturated heterocycles. The minimum atomic E-state index is -0.406. The Kier molecular flexibility index (Phi) is 4.07.